The van der Waals surface area contributed by atoms with Crippen molar-refractivity contribution in [2.75, 3.05) is 5.32 Å². The molecule has 2 aliphatic rings. The molecule has 0 amide bonds. The highest BCUT2D eigenvalue weighted by Crippen LogP contribution is 2.49. The number of rotatable bonds is 1. The van der Waals surface area contributed by atoms with Crippen molar-refractivity contribution in [3.8, 4) is 5.75 Å². The van der Waals surface area contributed by atoms with Gasteiger partial charge in [-0.25, -0.2) is 0 Å². The van der Waals surface area contributed by atoms with E-state index in [4.69, 9.17) is 0 Å². The zero-order valence-corrected chi connectivity index (χ0v) is 18.5. The van der Waals surface area contributed by atoms with E-state index in [0.717, 1.165) is 9.27 Å². The standard InChI is InChI=1S/C18H17I2N3O3/c1-18(2)5-10-13(11(24)6-18)12(14-16(21-10)22-23-17(14)26)8-3-7(19)4-9(20)15(8)25/h3-4,12,25H,5-6H2,1-2H3,(H3,21,22,23,26). The smallest absolute Gasteiger partial charge is 0.270 e. The number of Topliss-reactive ketones (excluding diaryl/α,β-unsaturated/α-hetero) is 1. The molecule has 1 aromatic carbocycles. The average Bonchev–Trinajstić information content (AvgIpc) is 2.89. The molecule has 6 nitrogen and oxygen atoms in total. The van der Waals surface area contributed by atoms with E-state index in [1.54, 1.807) is 0 Å². The Hall–Kier alpha value is -1.30. The molecular formula is C18H17I2N3O3. The zero-order valence-electron chi connectivity index (χ0n) is 14.2. The number of carbonyl (C=O) groups excluding carboxylic acids is 1. The largest absolute Gasteiger partial charge is 0.507 e. The fourth-order valence-corrected chi connectivity index (χ4v) is 5.82. The molecule has 8 heteroatoms. The van der Waals surface area contributed by atoms with Gasteiger partial charge in [-0.2, -0.15) is 0 Å². The van der Waals surface area contributed by atoms with Gasteiger partial charge < -0.3 is 10.4 Å². The molecule has 0 saturated carbocycles. The van der Waals surface area contributed by atoms with Gasteiger partial charge in [0.2, 0.25) is 0 Å². The first-order valence-electron chi connectivity index (χ1n) is 8.19. The van der Waals surface area contributed by atoms with Crippen LogP contribution in [-0.4, -0.2) is 21.1 Å². The molecule has 2 aromatic rings. The number of phenolic OH excluding ortho intramolecular Hbond substituents is 1. The third kappa shape index (κ3) is 2.81. The molecule has 0 radical (unpaired) electrons. The van der Waals surface area contributed by atoms with Crippen molar-refractivity contribution >= 4 is 56.8 Å². The van der Waals surface area contributed by atoms with Gasteiger partial charge in [0, 0.05) is 26.8 Å². The van der Waals surface area contributed by atoms with Gasteiger partial charge in [-0.15, -0.1) is 0 Å². The van der Waals surface area contributed by atoms with Crippen molar-refractivity contribution in [2.45, 2.75) is 32.6 Å². The van der Waals surface area contributed by atoms with Crippen LogP contribution < -0.4 is 10.9 Å². The lowest BCUT2D eigenvalue weighted by atomic mass is 9.69. The molecule has 0 spiro atoms. The van der Waals surface area contributed by atoms with Gasteiger partial charge in [0.1, 0.15) is 11.6 Å². The van der Waals surface area contributed by atoms with Gasteiger partial charge in [0.05, 0.1) is 15.1 Å². The third-order valence-electron chi connectivity index (χ3n) is 4.96. The third-order valence-corrected chi connectivity index (χ3v) is 6.40. The van der Waals surface area contributed by atoms with Gasteiger partial charge in [-0.1, -0.05) is 13.8 Å². The molecule has 136 valence electrons. The quantitative estimate of drug-likeness (QED) is 0.388. The Morgan fingerprint density at radius 1 is 1.15 bits per heavy atom. The Balaban J connectivity index is 2.02. The van der Waals surface area contributed by atoms with Gasteiger partial charge >= 0.3 is 0 Å². The van der Waals surface area contributed by atoms with Gasteiger partial charge in [-0.3, -0.25) is 19.8 Å². The molecule has 0 saturated heterocycles. The number of hydrogen-bond acceptors (Lipinski definition) is 4. The summed E-state index contributed by atoms with van der Waals surface area (Å²) in [7, 11) is 0. The number of halogens is 2. The van der Waals surface area contributed by atoms with Crippen LogP contribution in [0.5, 0.6) is 5.75 Å². The van der Waals surface area contributed by atoms with E-state index in [2.05, 4.69) is 74.5 Å². The van der Waals surface area contributed by atoms with Crippen LogP contribution >= 0.6 is 45.2 Å². The number of aromatic nitrogens is 2. The second-order valence-electron chi connectivity index (χ2n) is 7.58. The maximum atomic E-state index is 13.0. The van der Waals surface area contributed by atoms with E-state index in [-0.39, 0.29) is 22.5 Å². The fourth-order valence-electron chi connectivity index (χ4n) is 3.93. The molecule has 1 aromatic heterocycles. The van der Waals surface area contributed by atoms with Crippen molar-refractivity contribution < 1.29 is 9.90 Å². The molecule has 1 unspecified atom stereocenters. The normalized spacial score (nSPS) is 21.2. The summed E-state index contributed by atoms with van der Waals surface area (Å²) in [5.41, 5.74) is 2.03. The van der Waals surface area contributed by atoms with Crippen LogP contribution in [0.15, 0.2) is 28.2 Å². The van der Waals surface area contributed by atoms with Crippen LogP contribution in [0.1, 0.15) is 43.7 Å². The summed E-state index contributed by atoms with van der Waals surface area (Å²) in [4.78, 5) is 25.5. The lowest BCUT2D eigenvalue weighted by Crippen LogP contribution is -2.35. The number of anilines is 1. The predicted octanol–water partition coefficient (Wildman–Crippen LogP) is 3.82. The minimum Gasteiger partial charge on any atom is -0.507 e. The lowest BCUT2D eigenvalue weighted by molar-refractivity contribution is -0.118. The van der Waals surface area contributed by atoms with Crippen molar-refractivity contribution in [1.29, 1.82) is 0 Å². The molecule has 1 aliphatic heterocycles. The Kier molecular flexibility index (Phi) is 4.25. The van der Waals surface area contributed by atoms with Crippen molar-refractivity contribution in [3.05, 3.63) is 52.0 Å². The van der Waals surface area contributed by atoms with E-state index < -0.39 is 5.92 Å². The number of benzene rings is 1. The van der Waals surface area contributed by atoms with Crippen LogP contribution in [0, 0.1) is 12.6 Å². The number of carbonyl (C=O) groups is 1. The van der Waals surface area contributed by atoms with E-state index in [9.17, 15) is 14.7 Å². The summed E-state index contributed by atoms with van der Waals surface area (Å²) in [6, 6.07) is 3.71. The van der Waals surface area contributed by atoms with Gasteiger partial charge in [-0.05, 0) is 69.2 Å². The highest BCUT2D eigenvalue weighted by molar-refractivity contribution is 14.1. The zero-order chi connectivity index (χ0) is 18.8. The summed E-state index contributed by atoms with van der Waals surface area (Å²) < 4.78 is 1.64. The molecule has 26 heavy (non-hydrogen) atoms. The monoisotopic (exact) mass is 577 g/mol. The van der Waals surface area contributed by atoms with Crippen LogP contribution in [0.2, 0.25) is 0 Å². The number of allylic oxidation sites excluding steroid dienone is 2. The maximum Gasteiger partial charge on any atom is 0.270 e. The minimum absolute atomic E-state index is 0.0215. The van der Waals surface area contributed by atoms with E-state index in [1.807, 2.05) is 12.1 Å². The summed E-state index contributed by atoms with van der Waals surface area (Å²) in [5, 5.41) is 19.4. The Labute approximate surface area is 177 Å². The summed E-state index contributed by atoms with van der Waals surface area (Å²) in [6.07, 6.45) is 1.13. The predicted molar refractivity (Wildman–Crippen MR) is 115 cm³/mol. The van der Waals surface area contributed by atoms with Gasteiger partial charge in [0.25, 0.3) is 5.56 Å². The molecule has 1 aliphatic carbocycles. The summed E-state index contributed by atoms with van der Waals surface area (Å²) in [5.74, 6) is 0.128. The first-order chi connectivity index (χ1) is 12.2. The first kappa shape index (κ1) is 18.1. The lowest BCUT2D eigenvalue weighted by Gasteiger charge is -2.38. The molecule has 1 atom stereocenters. The summed E-state index contributed by atoms with van der Waals surface area (Å²) in [6.45, 7) is 4.12. The number of nitrogens with one attached hydrogen (secondary N) is 3. The second-order valence-corrected chi connectivity index (χ2v) is 9.99. The highest BCUT2D eigenvalue weighted by atomic mass is 127. The number of phenols is 1. The average molecular weight is 577 g/mol. The first-order valence-corrected chi connectivity index (χ1v) is 10.4. The summed E-state index contributed by atoms with van der Waals surface area (Å²) >= 11 is 4.25. The Bertz CT molecular complexity index is 1030. The number of fused-ring (bicyclic) bond motifs is 1. The van der Waals surface area contributed by atoms with Crippen LogP contribution in [0.4, 0.5) is 5.82 Å². The number of hydrogen-bond donors (Lipinski definition) is 4. The fraction of sp³-hybridized carbons (Fsp3) is 0.333. The number of aromatic amines is 2. The molecule has 2 heterocycles. The SMILES string of the molecule is CC1(C)CC(=O)C2=C(C1)Nc1[nH][nH]c(=O)c1C2c1cc(I)cc(I)c1O. The number of aromatic hydroxyl groups is 1. The second kappa shape index (κ2) is 6.11. The molecule has 4 rings (SSSR count). The van der Waals surface area contributed by atoms with Crippen LogP contribution in [0.25, 0.3) is 0 Å². The molecule has 0 fully saturated rings. The Morgan fingerprint density at radius 3 is 2.62 bits per heavy atom. The van der Waals surface area contributed by atoms with Crippen molar-refractivity contribution in [2.24, 2.45) is 5.41 Å². The van der Waals surface area contributed by atoms with Gasteiger partial charge in [0.15, 0.2) is 5.78 Å². The molecular weight excluding hydrogens is 560 g/mol. The molecule has 0 bridgehead atoms. The van der Waals surface area contributed by atoms with E-state index >= 15 is 0 Å². The molecule has 4 N–H and O–H groups in total. The topological polar surface area (TPSA) is 98.0 Å². The van der Waals surface area contributed by atoms with Crippen molar-refractivity contribution in [3.63, 3.8) is 0 Å². The van der Waals surface area contributed by atoms with Crippen molar-refractivity contribution in [1.82, 2.24) is 10.2 Å². The Morgan fingerprint density at radius 2 is 1.88 bits per heavy atom. The van der Waals surface area contributed by atoms with E-state index in [1.165, 1.54) is 0 Å². The van der Waals surface area contributed by atoms with E-state index in [0.29, 0.717) is 38.9 Å². The number of ketones is 1. The number of H-pyrrole nitrogens is 2. The highest BCUT2D eigenvalue weighted by Gasteiger charge is 2.43. The van der Waals surface area contributed by atoms with Crippen LogP contribution in [0.3, 0.4) is 0 Å². The van der Waals surface area contributed by atoms with Crippen LogP contribution in [-0.2, 0) is 4.79 Å². The minimum atomic E-state index is -0.580. The maximum absolute atomic E-state index is 13.0.